The molecule has 0 atom stereocenters. The molecule has 0 saturated carbocycles. The van der Waals surface area contributed by atoms with Gasteiger partial charge in [0.05, 0.1) is 17.3 Å². The minimum atomic E-state index is -0.863. The van der Waals surface area contributed by atoms with Gasteiger partial charge >= 0.3 is 5.69 Å². The molecule has 3 aromatic rings. The second-order valence-corrected chi connectivity index (χ2v) is 6.41. The number of rotatable bonds is 4. The first-order valence-corrected chi connectivity index (χ1v) is 8.44. The van der Waals surface area contributed by atoms with Gasteiger partial charge in [-0.1, -0.05) is 41.4 Å². The summed E-state index contributed by atoms with van der Waals surface area (Å²) < 4.78 is 14.6. The Labute approximate surface area is 162 Å². The molecular weight excluding hydrogens is 396 g/mol. The highest BCUT2D eigenvalue weighted by Crippen LogP contribution is 2.25. The molecule has 0 unspecified atom stereocenters. The number of carbonyl (C=O) groups is 1. The van der Waals surface area contributed by atoms with Crippen molar-refractivity contribution in [1.82, 2.24) is 9.55 Å². The van der Waals surface area contributed by atoms with Crippen molar-refractivity contribution in [3.63, 3.8) is 0 Å². The zero-order valence-electron chi connectivity index (χ0n) is 13.6. The smallest absolute Gasteiger partial charge is 0.320 e. The van der Waals surface area contributed by atoms with Crippen LogP contribution < -0.4 is 16.6 Å². The van der Waals surface area contributed by atoms with Crippen LogP contribution in [-0.2, 0) is 6.54 Å². The first kappa shape index (κ1) is 18.9. The highest BCUT2D eigenvalue weighted by Gasteiger charge is 2.17. The molecule has 6 nitrogen and oxygen atoms in total. The van der Waals surface area contributed by atoms with Crippen molar-refractivity contribution >= 4 is 34.8 Å². The van der Waals surface area contributed by atoms with E-state index in [9.17, 15) is 18.8 Å². The van der Waals surface area contributed by atoms with E-state index in [1.807, 2.05) is 0 Å². The number of anilines is 1. The van der Waals surface area contributed by atoms with E-state index < -0.39 is 23.0 Å². The van der Waals surface area contributed by atoms with Crippen molar-refractivity contribution in [1.29, 1.82) is 0 Å². The number of aromatic nitrogens is 2. The first-order valence-electron chi connectivity index (χ1n) is 7.69. The summed E-state index contributed by atoms with van der Waals surface area (Å²) in [6, 6.07) is 10.2. The Hall–Kier alpha value is -2.90. The van der Waals surface area contributed by atoms with Crippen LogP contribution in [-0.4, -0.2) is 15.5 Å². The summed E-state index contributed by atoms with van der Waals surface area (Å²) in [7, 11) is 0. The molecule has 0 aliphatic heterocycles. The summed E-state index contributed by atoms with van der Waals surface area (Å²) in [5, 5.41) is 3.03. The van der Waals surface area contributed by atoms with Gasteiger partial charge in [-0.2, -0.15) is 0 Å². The van der Waals surface area contributed by atoms with Gasteiger partial charge in [0.15, 0.2) is 0 Å². The van der Waals surface area contributed by atoms with Crippen molar-refractivity contribution in [2.75, 3.05) is 5.32 Å². The third kappa shape index (κ3) is 4.10. The monoisotopic (exact) mass is 407 g/mol. The standard InChI is InChI=1S/C18H12Cl2FN3O3/c19-11-5-6-13(20)15(7-11)23-16(25)12-8-22-18(27)24(17(12)26)9-10-3-1-2-4-14(10)21/h1-8H,9H2,(H,22,27)(H,23,25). The third-order valence-electron chi connectivity index (χ3n) is 3.77. The van der Waals surface area contributed by atoms with Crippen LogP contribution in [0.4, 0.5) is 10.1 Å². The highest BCUT2D eigenvalue weighted by molar-refractivity contribution is 6.35. The Morgan fingerprint density at radius 2 is 1.89 bits per heavy atom. The maximum atomic E-state index is 13.8. The van der Waals surface area contributed by atoms with Crippen LogP contribution in [0.5, 0.6) is 0 Å². The number of hydrogen-bond acceptors (Lipinski definition) is 3. The van der Waals surface area contributed by atoms with E-state index in [2.05, 4.69) is 10.3 Å². The van der Waals surface area contributed by atoms with Crippen LogP contribution in [0.3, 0.4) is 0 Å². The van der Waals surface area contributed by atoms with Gasteiger partial charge in [0.2, 0.25) is 0 Å². The van der Waals surface area contributed by atoms with E-state index in [1.165, 1.54) is 30.3 Å². The lowest BCUT2D eigenvalue weighted by Crippen LogP contribution is -2.39. The van der Waals surface area contributed by atoms with Crippen LogP contribution in [0.15, 0.2) is 58.3 Å². The molecular formula is C18H12Cl2FN3O3. The molecule has 0 bridgehead atoms. The van der Waals surface area contributed by atoms with Crippen LogP contribution >= 0.6 is 23.2 Å². The van der Waals surface area contributed by atoms with E-state index in [-0.39, 0.29) is 28.4 Å². The number of hydrogen-bond donors (Lipinski definition) is 2. The summed E-state index contributed by atoms with van der Waals surface area (Å²) in [4.78, 5) is 39.4. The topological polar surface area (TPSA) is 84.0 Å². The van der Waals surface area contributed by atoms with Gasteiger partial charge in [0.1, 0.15) is 11.4 Å². The Balaban J connectivity index is 1.96. The summed E-state index contributed by atoms with van der Waals surface area (Å²) in [5.74, 6) is -1.35. The molecule has 1 heterocycles. The van der Waals surface area contributed by atoms with Gasteiger partial charge < -0.3 is 10.3 Å². The van der Waals surface area contributed by atoms with Crippen molar-refractivity contribution in [2.24, 2.45) is 0 Å². The van der Waals surface area contributed by atoms with Crippen LogP contribution in [0.25, 0.3) is 0 Å². The number of carbonyl (C=O) groups excluding carboxylic acids is 1. The van der Waals surface area contributed by atoms with Crippen LogP contribution in [0, 0.1) is 5.82 Å². The number of amides is 1. The Morgan fingerprint density at radius 3 is 2.63 bits per heavy atom. The predicted octanol–water partition coefficient (Wildman–Crippen LogP) is 3.28. The maximum Gasteiger partial charge on any atom is 0.328 e. The lowest BCUT2D eigenvalue weighted by Gasteiger charge is -2.10. The van der Waals surface area contributed by atoms with E-state index >= 15 is 0 Å². The van der Waals surface area contributed by atoms with Gasteiger partial charge in [-0.25, -0.2) is 9.18 Å². The molecule has 138 valence electrons. The molecule has 0 aliphatic rings. The van der Waals surface area contributed by atoms with Gasteiger partial charge in [-0.15, -0.1) is 0 Å². The number of nitrogens with one attached hydrogen (secondary N) is 2. The van der Waals surface area contributed by atoms with Gasteiger partial charge in [0, 0.05) is 16.8 Å². The van der Waals surface area contributed by atoms with Crippen molar-refractivity contribution in [2.45, 2.75) is 6.54 Å². The molecule has 1 aromatic heterocycles. The third-order valence-corrected chi connectivity index (χ3v) is 4.33. The molecule has 0 saturated heterocycles. The Kier molecular flexibility index (Phi) is 5.43. The number of nitrogens with zero attached hydrogens (tertiary/aromatic N) is 1. The number of benzene rings is 2. The molecule has 3 rings (SSSR count). The first-order chi connectivity index (χ1) is 12.9. The Morgan fingerprint density at radius 1 is 1.15 bits per heavy atom. The molecule has 2 aromatic carbocycles. The van der Waals surface area contributed by atoms with Crippen molar-refractivity contribution in [3.05, 3.63) is 96.5 Å². The highest BCUT2D eigenvalue weighted by atomic mass is 35.5. The SMILES string of the molecule is O=C(Nc1cc(Cl)ccc1Cl)c1c[nH]c(=O)n(Cc2ccccc2F)c1=O. The summed E-state index contributed by atoms with van der Waals surface area (Å²) in [6.45, 7) is -0.320. The summed E-state index contributed by atoms with van der Waals surface area (Å²) >= 11 is 11.9. The fraction of sp³-hybridized carbons (Fsp3) is 0.0556. The zero-order chi connectivity index (χ0) is 19.6. The molecule has 2 N–H and O–H groups in total. The average molecular weight is 408 g/mol. The molecule has 0 fully saturated rings. The van der Waals surface area contributed by atoms with Crippen LogP contribution in [0.1, 0.15) is 15.9 Å². The largest absolute Gasteiger partial charge is 0.328 e. The van der Waals surface area contributed by atoms with Gasteiger partial charge in [-0.05, 0) is 24.3 Å². The van der Waals surface area contributed by atoms with Crippen molar-refractivity contribution in [3.8, 4) is 0 Å². The summed E-state index contributed by atoms with van der Waals surface area (Å²) in [5.41, 5.74) is -1.61. The van der Waals surface area contributed by atoms with E-state index in [1.54, 1.807) is 12.1 Å². The minimum absolute atomic E-state index is 0.139. The zero-order valence-corrected chi connectivity index (χ0v) is 15.1. The number of H-pyrrole nitrogens is 1. The molecule has 0 aliphatic carbocycles. The normalized spacial score (nSPS) is 10.6. The lowest BCUT2D eigenvalue weighted by molar-refractivity contribution is 0.102. The Bertz CT molecular complexity index is 1140. The number of halogens is 3. The lowest BCUT2D eigenvalue weighted by atomic mass is 10.2. The van der Waals surface area contributed by atoms with E-state index in [4.69, 9.17) is 23.2 Å². The molecule has 9 heteroatoms. The summed E-state index contributed by atoms with van der Waals surface area (Å²) in [6.07, 6.45) is 0.996. The quantitative estimate of drug-likeness (QED) is 0.695. The minimum Gasteiger partial charge on any atom is -0.320 e. The molecule has 1 amide bonds. The maximum absolute atomic E-state index is 13.8. The second-order valence-electron chi connectivity index (χ2n) is 5.57. The molecule has 27 heavy (non-hydrogen) atoms. The second kappa shape index (κ2) is 7.77. The fourth-order valence-corrected chi connectivity index (χ4v) is 2.73. The van der Waals surface area contributed by atoms with Crippen LogP contribution in [0.2, 0.25) is 10.0 Å². The number of aromatic amines is 1. The molecule has 0 radical (unpaired) electrons. The van der Waals surface area contributed by atoms with Crippen molar-refractivity contribution < 1.29 is 9.18 Å². The fourth-order valence-electron chi connectivity index (χ4n) is 2.40. The predicted molar refractivity (Wildman–Crippen MR) is 101 cm³/mol. The molecule has 0 spiro atoms. The van der Waals surface area contributed by atoms with E-state index in [0.29, 0.717) is 5.02 Å². The average Bonchev–Trinajstić information content (AvgIpc) is 2.63. The van der Waals surface area contributed by atoms with Gasteiger partial charge in [-0.3, -0.25) is 14.2 Å². The van der Waals surface area contributed by atoms with E-state index in [0.717, 1.165) is 10.8 Å². The van der Waals surface area contributed by atoms with Gasteiger partial charge in [0.25, 0.3) is 11.5 Å².